The lowest BCUT2D eigenvalue weighted by Crippen LogP contribution is -1.72. The zero-order valence-electron chi connectivity index (χ0n) is 10.7. The average molecular weight is 280 g/mol. The number of hydrogen-bond acceptors (Lipinski definition) is 4. The minimum atomic E-state index is -0.420. The summed E-state index contributed by atoms with van der Waals surface area (Å²) < 4.78 is 13.3. The molecule has 5 nitrogen and oxygen atoms in total. The number of halogens is 1. The molecule has 0 bridgehead atoms. The lowest BCUT2D eigenvalue weighted by molar-refractivity contribution is 0.459. The summed E-state index contributed by atoms with van der Waals surface area (Å²) in [5, 5.41) is 26.9. The SMILES string of the molecule is N#Cc1ccc(N=Nc2c(O)[nH]c3ccc(F)cc23)cc1. The summed E-state index contributed by atoms with van der Waals surface area (Å²) in [5.74, 6) is -0.593. The van der Waals surface area contributed by atoms with Crippen LogP contribution in [0.4, 0.5) is 15.8 Å². The molecule has 3 aromatic rings. The number of rotatable bonds is 2. The smallest absolute Gasteiger partial charge is 0.218 e. The van der Waals surface area contributed by atoms with E-state index in [-0.39, 0.29) is 11.6 Å². The molecule has 0 radical (unpaired) electrons. The van der Waals surface area contributed by atoms with Crippen LogP contribution in [-0.2, 0) is 0 Å². The van der Waals surface area contributed by atoms with E-state index < -0.39 is 5.82 Å². The van der Waals surface area contributed by atoms with Gasteiger partial charge in [0.1, 0.15) is 5.82 Å². The molecule has 21 heavy (non-hydrogen) atoms. The summed E-state index contributed by atoms with van der Waals surface area (Å²) in [6.45, 7) is 0. The summed E-state index contributed by atoms with van der Waals surface area (Å²) in [5.41, 5.74) is 1.79. The zero-order chi connectivity index (χ0) is 14.8. The zero-order valence-corrected chi connectivity index (χ0v) is 10.7. The summed E-state index contributed by atoms with van der Waals surface area (Å²) in [6.07, 6.45) is 0. The number of aromatic hydroxyl groups is 1. The van der Waals surface area contributed by atoms with Crippen molar-refractivity contribution in [2.75, 3.05) is 0 Å². The second-order valence-corrected chi connectivity index (χ2v) is 4.37. The molecule has 3 rings (SSSR count). The Balaban J connectivity index is 2.00. The number of aromatic nitrogens is 1. The van der Waals surface area contributed by atoms with Crippen LogP contribution >= 0.6 is 0 Å². The number of azo groups is 1. The van der Waals surface area contributed by atoms with E-state index in [1.54, 1.807) is 24.3 Å². The Morgan fingerprint density at radius 1 is 1.10 bits per heavy atom. The molecule has 0 aliphatic rings. The summed E-state index contributed by atoms with van der Waals surface area (Å²) in [4.78, 5) is 2.70. The Labute approximate surface area is 119 Å². The molecule has 0 spiro atoms. The Morgan fingerprint density at radius 2 is 1.86 bits per heavy atom. The number of aromatic amines is 1. The van der Waals surface area contributed by atoms with Crippen molar-refractivity contribution in [1.82, 2.24) is 4.98 Å². The second kappa shape index (κ2) is 5.06. The van der Waals surface area contributed by atoms with Gasteiger partial charge in [0.05, 0.1) is 22.8 Å². The maximum atomic E-state index is 13.3. The van der Waals surface area contributed by atoms with Crippen LogP contribution in [0.1, 0.15) is 5.56 Å². The fourth-order valence-corrected chi connectivity index (χ4v) is 1.95. The van der Waals surface area contributed by atoms with Crippen LogP contribution in [-0.4, -0.2) is 10.1 Å². The molecule has 2 aromatic carbocycles. The van der Waals surface area contributed by atoms with Gasteiger partial charge >= 0.3 is 0 Å². The summed E-state index contributed by atoms with van der Waals surface area (Å²) in [7, 11) is 0. The third-order valence-electron chi connectivity index (χ3n) is 2.98. The molecule has 6 heteroatoms. The van der Waals surface area contributed by atoms with Crippen molar-refractivity contribution in [1.29, 1.82) is 5.26 Å². The minimum absolute atomic E-state index is 0.173. The van der Waals surface area contributed by atoms with Gasteiger partial charge in [-0.1, -0.05) is 0 Å². The predicted octanol–water partition coefficient (Wildman–Crippen LogP) is 4.30. The van der Waals surface area contributed by atoms with Crippen molar-refractivity contribution in [3.63, 3.8) is 0 Å². The molecule has 1 heterocycles. The Bertz CT molecular complexity index is 875. The molecule has 0 aliphatic heterocycles. The van der Waals surface area contributed by atoms with Gasteiger partial charge in [-0.3, -0.25) is 0 Å². The molecular formula is C15H9FN4O. The number of nitrogens with one attached hydrogen (secondary N) is 1. The van der Waals surface area contributed by atoms with Crippen LogP contribution in [0.15, 0.2) is 52.7 Å². The van der Waals surface area contributed by atoms with Crippen LogP contribution in [0, 0.1) is 17.1 Å². The van der Waals surface area contributed by atoms with E-state index in [1.165, 1.54) is 18.2 Å². The molecule has 0 unspecified atom stereocenters. The van der Waals surface area contributed by atoms with Crippen molar-refractivity contribution in [3.05, 3.63) is 53.8 Å². The first kappa shape index (κ1) is 12.8. The Hall–Kier alpha value is -3.20. The molecule has 0 atom stereocenters. The molecule has 0 aliphatic carbocycles. The van der Waals surface area contributed by atoms with Gasteiger partial charge in [0.2, 0.25) is 5.88 Å². The molecular weight excluding hydrogens is 271 g/mol. The lowest BCUT2D eigenvalue weighted by atomic mass is 10.2. The van der Waals surface area contributed by atoms with Gasteiger partial charge in [0.25, 0.3) is 0 Å². The van der Waals surface area contributed by atoms with Gasteiger partial charge < -0.3 is 10.1 Å². The van der Waals surface area contributed by atoms with Crippen LogP contribution in [0.5, 0.6) is 5.88 Å². The number of nitriles is 1. The first-order valence-corrected chi connectivity index (χ1v) is 6.09. The van der Waals surface area contributed by atoms with Gasteiger partial charge in [0, 0.05) is 5.39 Å². The second-order valence-electron chi connectivity index (χ2n) is 4.37. The highest BCUT2D eigenvalue weighted by molar-refractivity contribution is 5.94. The molecule has 102 valence electrons. The van der Waals surface area contributed by atoms with Gasteiger partial charge in [-0.2, -0.15) is 10.4 Å². The fourth-order valence-electron chi connectivity index (χ4n) is 1.95. The highest BCUT2D eigenvalue weighted by Crippen LogP contribution is 2.36. The van der Waals surface area contributed by atoms with Gasteiger partial charge in [-0.05, 0) is 42.5 Å². The first-order valence-electron chi connectivity index (χ1n) is 6.09. The van der Waals surface area contributed by atoms with Crippen molar-refractivity contribution >= 4 is 22.3 Å². The average Bonchev–Trinajstić information content (AvgIpc) is 2.80. The standard InChI is InChI=1S/C15H9FN4O/c16-10-3-6-13-12(7-10)14(15(21)18-13)20-19-11-4-1-9(8-17)2-5-11/h1-7,18,21H. The molecule has 2 N–H and O–H groups in total. The van der Waals surface area contributed by atoms with Crippen LogP contribution in [0.2, 0.25) is 0 Å². The summed E-state index contributed by atoms with van der Waals surface area (Å²) in [6, 6.07) is 12.6. The predicted molar refractivity (Wildman–Crippen MR) is 75.3 cm³/mol. The number of nitrogens with zero attached hydrogens (tertiary/aromatic N) is 3. The number of benzene rings is 2. The van der Waals surface area contributed by atoms with E-state index in [1.807, 2.05) is 6.07 Å². The molecule has 0 saturated heterocycles. The van der Waals surface area contributed by atoms with E-state index in [9.17, 15) is 9.50 Å². The Kier molecular flexibility index (Phi) is 3.09. The van der Waals surface area contributed by atoms with E-state index in [2.05, 4.69) is 15.2 Å². The van der Waals surface area contributed by atoms with E-state index in [4.69, 9.17) is 5.26 Å². The topological polar surface area (TPSA) is 84.5 Å². The number of hydrogen-bond donors (Lipinski definition) is 2. The maximum Gasteiger partial charge on any atom is 0.218 e. The maximum absolute atomic E-state index is 13.3. The van der Waals surface area contributed by atoms with Gasteiger partial charge in [-0.25, -0.2) is 4.39 Å². The van der Waals surface area contributed by atoms with Gasteiger partial charge in [0.15, 0.2) is 5.69 Å². The Morgan fingerprint density at radius 3 is 2.57 bits per heavy atom. The third-order valence-corrected chi connectivity index (χ3v) is 2.98. The quantitative estimate of drug-likeness (QED) is 0.686. The van der Waals surface area contributed by atoms with Gasteiger partial charge in [-0.15, -0.1) is 5.11 Å². The van der Waals surface area contributed by atoms with E-state index in [0.717, 1.165) is 0 Å². The number of H-pyrrole nitrogens is 1. The molecule has 0 fully saturated rings. The van der Waals surface area contributed by atoms with E-state index in [0.29, 0.717) is 22.2 Å². The first-order chi connectivity index (χ1) is 10.2. The largest absolute Gasteiger partial charge is 0.493 e. The molecule has 0 saturated carbocycles. The highest BCUT2D eigenvalue weighted by atomic mass is 19.1. The normalized spacial score (nSPS) is 11.0. The highest BCUT2D eigenvalue weighted by Gasteiger charge is 2.11. The number of fused-ring (bicyclic) bond motifs is 1. The fraction of sp³-hybridized carbons (Fsp3) is 0. The van der Waals surface area contributed by atoms with E-state index >= 15 is 0 Å². The van der Waals surface area contributed by atoms with Crippen molar-refractivity contribution in [3.8, 4) is 11.9 Å². The van der Waals surface area contributed by atoms with Crippen molar-refractivity contribution < 1.29 is 9.50 Å². The van der Waals surface area contributed by atoms with Crippen molar-refractivity contribution in [2.24, 2.45) is 10.2 Å². The van der Waals surface area contributed by atoms with Crippen LogP contribution in [0.3, 0.4) is 0 Å². The third kappa shape index (κ3) is 2.44. The van der Waals surface area contributed by atoms with Crippen LogP contribution in [0.25, 0.3) is 10.9 Å². The lowest BCUT2D eigenvalue weighted by Gasteiger charge is -1.94. The van der Waals surface area contributed by atoms with Crippen LogP contribution < -0.4 is 0 Å². The summed E-state index contributed by atoms with van der Waals surface area (Å²) >= 11 is 0. The molecule has 1 aromatic heterocycles. The van der Waals surface area contributed by atoms with Crippen molar-refractivity contribution in [2.45, 2.75) is 0 Å². The minimum Gasteiger partial charge on any atom is -0.493 e. The molecule has 0 amide bonds. The monoisotopic (exact) mass is 280 g/mol.